The van der Waals surface area contributed by atoms with Crippen LogP contribution in [0.25, 0.3) is 0 Å². The van der Waals surface area contributed by atoms with Gasteiger partial charge in [0.2, 0.25) is 0 Å². The molecule has 3 fully saturated rings. The van der Waals surface area contributed by atoms with Crippen molar-refractivity contribution >= 4 is 23.9 Å². The maximum atomic E-state index is 12.3. The average Bonchev–Trinajstić information content (AvgIpc) is 2.83. The number of piperidine rings is 2. The second-order valence-electron chi connectivity index (χ2n) is 6.49. The van der Waals surface area contributed by atoms with Gasteiger partial charge in [0.15, 0.2) is 0 Å². The fourth-order valence-corrected chi connectivity index (χ4v) is 3.65. The maximum absolute atomic E-state index is 12.3. The van der Waals surface area contributed by atoms with E-state index in [-0.39, 0.29) is 19.1 Å². The summed E-state index contributed by atoms with van der Waals surface area (Å²) in [5.74, 6) is -1.16. The van der Waals surface area contributed by atoms with Gasteiger partial charge >= 0.3 is 12.1 Å². The normalized spacial score (nSPS) is 28.8. The second kappa shape index (κ2) is 6.75. The molecule has 0 aromatic carbocycles. The summed E-state index contributed by atoms with van der Waals surface area (Å²) >= 11 is 0. The Balaban J connectivity index is 1.56. The second-order valence-corrected chi connectivity index (χ2v) is 6.49. The summed E-state index contributed by atoms with van der Waals surface area (Å²) < 4.78 is 0. The summed E-state index contributed by atoms with van der Waals surface area (Å²) in [5, 5.41) is 19.4. The van der Waals surface area contributed by atoms with Crippen LogP contribution < -0.4 is 10.9 Å². The summed E-state index contributed by atoms with van der Waals surface area (Å²) in [6.07, 6.45) is 1.51. The largest absolute Gasteiger partial charge is 0.465 e. The zero-order chi connectivity index (χ0) is 18.1. The van der Waals surface area contributed by atoms with E-state index in [4.69, 9.17) is 5.11 Å². The number of rotatable bonds is 2. The van der Waals surface area contributed by atoms with E-state index in [1.807, 2.05) is 0 Å². The van der Waals surface area contributed by atoms with Crippen LogP contribution in [-0.2, 0) is 9.59 Å². The molecule has 3 saturated heterocycles. The van der Waals surface area contributed by atoms with E-state index in [1.54, 1.807) is 0 Å². The van der Waals surface area contributed by atoms with E-state index in [2.05, 4.69) is 10.9 Å². The van der Waals surface area contributed by atoms with E-state index >= 15 is 0 Å². The third-order valence-corrected chi connectivity index (χ3v) is 5.01. The predicted octanol–water partition coefficient (Wildman–Crippen LogP) is -0.676. The number of hydrogen-bond acceptors (Lipinski definition) is 5. The topological polar surface area (TPSA) is 143 Å². The third kappa shape index (κ3) is 3.18. The van der Waals surface area contributed by atoms with Crippen molar-refractivity contribution in [3.8, 4) is 0 Å². The minimum atomic E-state index is -1.17. The molecule has 3 atom stereocenters. The van der Waals surface area contributed by atoms with Crippen molar-refractivity contribution in [2.75, 3.05) is 13.1 Å². The number of carboxylic acid groups (broad SMARTS) is 1. The number of urea groups is 1. The fraction of sp³-hybridized carbons (Fsp3) is 0.714. The number of likely N-dealkylation sites (tertiary alicyclic amines) is 1. The predicted molar refractivity (Wildman–Crippen MR) is 81.2 cm³/mol. The summed E-state index contributed by atoms with van der Waals surface area (Å²) in [6, 6.07) is -2.55. The number of nitrogens with one attached hydrogen (secondary N) is 2. The molecular weight excluding hydrogens is 334 g/mol. The molecule has 0 spiro atoms. The number of amides is 5. The van der Waals surface area contributed by atoms with Crippen LogP contribution in [-0.4, -0.2) is 80.3 Å². The van der Waals surface area contributed by atoms with Crippen molar-refractivity contribution in [1.82, 2.24) is 25.7 Å². The van der Waals surface area contributed by atoms with Crippen LogP contribution in [0, 0.1) is 0 Å². The van der Waals surface area contributed by atoms with Gasteiger partial charge < -0.3 is 10.0 Å². The number of nitrogens with zero attached hydrogens (tertiary/aromatic N) is 3. The molecule has 4 N–H and O–H groups in total. The lowest BCUT2D eigenvalue weighted by Crippen LogP contribution is -2.58. The molecule has 3 aliphatic rings. The highest BCUT2D eigenvalue weighted by Crippen LogP contribution is 2.28. The number of hydroxylamine groups is 2. The minimum Gasteiger partial charge on any atom is -0.465 e. The van der Waals surface area contributed by atoms with Crippen molar-refractivity contribution in [2.24, 2.45) is 0 Å². The van der Waals surface area contributed by atoms with Crippen LogP contribution >= 0.6 is 0 Å². The number of hydrogen-bond donors (Lipinski definition) is 4. The SMILES string of the molecule is O=C(NNC(=O)[C@@H]1CC[C@@H]2CN1C(=O)N2O)[C@H]1CCCCN1C(=O)O. The Morgan fingerprint density at radius 1 is 1.00 bits per heavy atom. The van der Waals surface area contributed by atoms with E-state index in [1.165, 1.54) is 4.90 Å². The molecule has 0 saturated carbocycles. The molecule has 0 aliphatic carbocycles. The first-order chi connectivity index (χ1) is 11.9. The first-order valence-electron chi connectivity index (χ1n) is 8.28. The van der Waals surface area contributed by atoms with Gasteiger partial charge in [0, 0.05) is 13.1 Å². The van der Waals surface area contributed by atoms with Crippen LogP contribution in [0.5, 0.6) is 0 Å². The molecule has 0 radical (unpaired) electrons. The molecule has 3 rings (SSSR count). The summed E-state index contributed by atoms with van der Waals surface area (Å²) in [6.45, 7) is 0.538. The average molecular weight is 355 g/mol. The Kier molecular flexibility index (Phi) is 4.66. The molecule has 2 bridgehead atoms. The number of hydrazine groups is 1. The van der Waals surface area contributed by atoms with E-state index in [0.717, 1.165) is 11.3 Å². The molecule has 5 amide bonds. The van der Waals surface area contributed by atoms with E-state index in [9.17, 15) is 24.4 Å². The van der Waals surface area contributed by atoms with E-state index in [0.29, 0.717) is 30.7 Å². The van der Waals surface area contributed by atoms with Gasteiger partial charge in [-0.2, -0.15) is 0 Å². The van der Waals surface area contributed by atoms with Crippen molar-refractivity contribution in [1.29, 1.82) is 0 Å². The lowest BCUT2D eigenvalue weighted by Gasteiger charge is -2.33. The number of fused-ring (bicyclic) bond motifs is 2. The van der Waals surface area contributed by atoms with Crippen LogP contribution in [0.3, 0.4) is 0 Å². The molecule has 3 heterocycles. The van der Waals surface area contributed by atoms with Gasteiger partial charge in [-0.1, -0.05) is 0 Å². The highest BCUT2D eigenvalue weighted by Gasteiger charge is 2.47. The van der Waals surface area contributed by atoms with Crippen LogP contribution in [0.2, 0.25) is 0 Å². The molecule has 0 unspecified atom stereocenters. The highest BCUT2D eigenvalue weighted by atomic mass is 16.5. The first-order valence-corrected chi connectivity index (χ1v) is 8.28. The third-order valence-electron chi connectivity index (χ3n) is 5.01. The minimum absolute atomic E-state index is 0.261. The Hall–Kier alpha value is -2.56. The zero-order valence-corrected chi connectivity index (χ0v) is 13.6. The van der Waals surface area contributed by atoms with E-state index < -0.39 is 36.0 Å². The number of carbonyl (C=O) groups is 4. The van der Waals surface area contributed by atoms with Crippen molar-refractivity contribution in [3.63, 3.8) is 0 Å². The molecule has 11 nitrogen and oxygen atoms in total. The van der Waals surface area contributed by atoms with Gasteiger partial charge in [-0.25, -0.2) is 14.7 Å². The zero-order valence-electron chi connectivity index (χ0n) is 13.6. The van der Waals surface area contributed by atoms with Gasteiger partial charge in [0.25, 0.3) is 11.8 Å². The van der Waals surface area contributed by atoms with Gasteiger partial charge in [0.1, 0.15) is 12.1 Å². The van der Waals surface area contributed by atoms with Crippen molar-refractivity contribution < 1.29 is 29.5 Å². The Morgan fingerprint density at radius 3 is 2.36 bits per heavy atom. The quantitative estimate of drug-likeness (QED) is 0.382. The molecule has 11 heteroatoms. The molecule has 3 aliphatic heterocycles. The van der Waals surface area contributed by atoms with Gasteiger partial charge in [-0.05, 0) is 32.1 Å². The van der Waals surface area contributed by atoms with Crippen LogP contribution in [0.4, 0.5) is 9.59 Å². The summed E-state index contributed by atoms with van der Waals surface area (Å²) in [4.78, 5) is 49.9. The maximum Gasteiger partial charge on any atom is 0.407 e. The Bertz CT molecular complexity index is 598. The highest BCUT2D eigenvalue weighted by molar-refractivity contribution is 5.91. The van der Waals surface area contributed by atoms with Gasteiger partial charge in [0.05, 0.1) is 6.04 Å². The van der Waals surface area contributed by atoms with Crippen molar-refractivity contribution in [2.45, 2.75) is 50.2 Å². The Morgan fingerprint density at radius 2 is 1.68 bits per heavy atom. The standard InChI is InChI=1S/C14H21N5O6/c20-11(9-3-1-2-6-17(9)14(23)24)15-16-12(21)10-5-4-8-7-18(10)13(22)19(8)25/h8-10,25H,1-7H2,(H,15,20)(H,16,21)(H,23,24)/t8-,9-,10+/m1/s1. The van der Waals surface area contributed by atoms with Crippen molar-refractivity contribution in [3.05, 3.63) is 0 Å². The smallest absolute Gasteiger partial charge is 0.407 e. The molecule has 0 aromatic heterocycles. The lowest BCUT2D eigenvalue weighted by atomic mass is 10.0. The van der Waals surface area contributed by atoms with Crippen LogP contribution in [0.15, 0.2) is 0 Å². The Labute approximate surface area is 143 Å². The molecule has 138 valence electrons. The van der Waals surface area contributed by atoms with Crippen LogP contribution in [0.1, 0.15) is 32.1 Å². The molecule has 25 heavy (non-hydrogen) atoms. The van der Waals surface area contributed by atoms with Gasteiger partial charge in [-0.15, -0.1) is 0 Å². The fourth-order valence-electron chi connectivity index (χ4n) is 3.65. The number of carbonyl (C=O) groups excluding carboxylic acids is 3. The molecular formula is C14H21N5O6. The lowest BCUT2D eigenvalue weighted by molar-refractivity contribution is -0.134. The van der Waals surface area contributed by atoms with Gasteiger partial charge in [-0.3, -0.25) is 30.5 Å². The monoisotopic (exact) mass is 355 g/mol. The molecule has 0 aromatic rings. The summed E-state index contributed by atoms with van der Waals surface area (Å²) in [5.41, 5.74) is 4.54. The first kappa shape index (κ1) is 17.3. The summed E-state index contributed by atoms with van der Waals surface area (Å²) in [7, 11) is 0.